The van der Waals surface area contributed by atoms with Crippen LogP contribution in [0.25, 0.3) is 0 Å². The highest BCUT2D eigenvalue weighted by atomic mass is 16.2. The molecule has 1 aromatic carbocycles. The maximum atomic E-state index is 12.3. The van der Waals surface area contributed by atoms with Crippen molar-refractivity contribution in [1.29, 1.82) is 0 Å². The van der Waals surface area contributed by atoms with Crippen LogP contribution < -0.4 is 5.73 Å². The van der Waals surface area contributed by atoms with Crippen molar-refractivity contribution < 1.29 is 4.79 Å². The molecule has 1 aliphatic rings. The summed E-state index contributed by atoms with van der Waals surface area (Å²) in [6.07, 6.45) is 3.45. The van der Waals surface area contributed by atoms with E-state index in [0.29, 0.717) is 19.5 Å². The smallest absolute Gasteiger partial charge is 0.251 e. The van der Waals surface area contributed by atoms with Crippen LogP contribution in [0.4, 0.5) is 0 Å². The predicted octanol–water partition coefficient (Wildman–Crippen LogP) is 2.19. The van der Waals surface area contributed by atoms with Crippen molar-refractivity contribution in [3.63, 3.8) is 0 Å². The zero-order valence-corrected chi connectivity index (χ0v) is 12.1. The highest BCUT2D eigenvalue weighted by molar-refractivity contribution is 6.07. The minimum atomic E-state index is -0.0817. The molecule has 0 spiro atoms. The van der Waals surface area contributed by atoms with Crippen molar-refractivity contribution in [3.8, 4) is 0 Å². The Bertz CT molecular complexity index is 470. The Morgan fingerprint density at radius 2 is 2.05 bits per heavy atom. The van der Waals surface area contributed by atoms with Crippen LogP contribution in [-0.2, 0) is 11.2 Å². The van der Waals surface area contributed by atoms with Crippen LogP contribution >= 0.6 is 0 Å². The lowest BCUT2D eigenvalue weighted by Gasteiger charge is -2.13. The summed E-state index contributed by atoms with van der Waals surface area (Å²) in [6, 6.07) is 10.3. The van der Waals surface area contributed by atoms with E-state index in [1.54, 1.807) is 5.01 Å². The van der Waals surface area contributed by atoms with E-state index < -0.39 is 0 Å². The van der Waals surface area contributed by atoms with Gasteiger partial charge in [0.05, 0.1) is 11.6 Å². The van der Waals surface area contributed by atoms with Crippen molar-refractivity contribution >= 4 is 11.6 Å². The molecule has 1 unspecified atom stereocenters. The molecule has 0 aliphatic carbocycles. The summed E-state index contributed by atoms with van der Waals surface area (Å²) in [5, 5.41) is 6.10. The molecule has 1 amide bonds. The highest BCUT2D eigenvalue weighted by Crippen LogP contribution is 2.21. The van der Waals surface area contributed by atoms with Gasteiger partial charge in [0, 0.05) is 6.54 Å². The first-order valence-corrected chi connectivity index (χ1v) is 7.39. The molecule has 1 aromatic rings. The number of carbonyl (C=O) groups is 1. The van der Waals surface area contributed by atoms with Crippen LogP contribution in [0.15, 0.2) is 35.4 Å². The van der Waals surface area contributed by atoms with E-state index in [9.17, 15) is 4.79 Å². The third kappa shape index (κ3) is 3.45. The van der Waals surface area contributed by atoms with Crippen LogP contribution in [0.2, 0.25) is 0 Å². The van der Waals surface area contributed by atoms with Gasteiger partial charge in [-0.2, -0.15) is 5.10 Å². The Morgan fingerprint density at radius 3 is 2.70 bits per heavy atom. The molecule has 1 heterocycles. The Hall–Kier alpha value is -1.68. The average Bonchev–Trinajstić information content (AvgIpc) is 2.78. The summed E-state index contributed by atoms with van der Waals surface area (Å²) < 4.78 is 0. The van der Waals surface area contributed by atoms with Crippen LogP contribution in [0, 0.1) is 5.92 Å². The van der Waals surface area contributed by atoms with Crippen molar-refractivity contribution in [3.05, 3.63) is 35.9 Å². The van der Waals surface area contributed by atoms with E-state index in [2.05, 4.69) is 17.2 Å². The van der Waals surface area contributed by atoms with Gasteiger partial charge in [0.15, 0.2) is 0 Å². The standard InChI is InChI=1S/C16H23N3O/c1-2-15-14(10-11-17)16(20)19(18-15)12-6-9-13-7-4-3-5-8-13/h3-5,7-8,14H,2,6,9-12,17H2,1H3. The van der Waals surface area contributed by atoms with E-state index in [0.717, 1.165) is 25.0 Å². The van der Waals surface area contributed by atoms with Crippen LogP contribution in [-0.4, -0.2) is 29.7 Å². The molecule has 0 fully saturated rings. The second kappa shape index (κ2) is 7.20. The SMILES string of the molecule is CCC1=NN(CCCc2ccccc2)C(=O)C1CCN. The van der Waals surface area contributed by atoms with Gasteiger partial charge in [-0.3, -0.25) is 4.79 Å². The molecule has 2 N–H and O–H groups in total. The molecule has 1 aliphatic heterocycles. The summed E-state index contributed by atoms with van der Waals surface area (Å²) >= 11 is 0. The number of benzene rings is 1. The normalized spacial score (nSPS) is 18.5. The Morgan fingerprint density at radius 1 is 1.30 bits per heavy atom. The van der Waals surface area contributed by atoms with Gasteiger partial charge in [-0.15, -0.1) is 0 Å². The number of hydrazone groups is 1. The summed E-state index contributed by atoms with van der Waals surface area (Å²) in [7, 11) is 0. The van der Waals surface area contributed by atoms with E-state index in [4.69, 9.17) is 5.73 Å². The molecular formula is C16H23N3O. The Balaban J connectivity index is 1.87. The molecule has 0 saturated heterocycles. The van der Waals surface area contributed by atoms with Crippen molar-refractivity contribution in [1.82, 2.24) is 5.01 Å². The third-order valence-electron chi connectivity index (χ3n) is 3.70. The zero-order valence-electron chi connectivity index (χ0n) is 12.1. The van der Waals surface area contributed by atoms with Gasteiger partial charge in [0.25, 0.3) is 5.91 Å². The number of nitrogens with two attached hydrogens (primary N) is 1. The number of hydrogen-bond donors (Lipinski definition) is 1. The van der Waals surface area contributed by atoms with Crippen molar-refractivity contribution in [2.24, 2.45) is 16.8 Å². The first-order chi connectivity index (χ1) is 9.76. The molecule has 4 heteroatoms. The molecule has 2 rings (SSSR count). The lowest BCUT2D eigenvalue weighted by Crippen LogP contribution is -2.30. The zero-order chi connectivity index (χ0) is 14.4. The number of hydrogen-bond acceptors (Lipinski definition) is 3. The molecular weight excluding hydrogens is 250 g/mol. The first-order valence-electron chi connectivity index (χ1n) is 7.39. The molecule has 0 aromatic heterocycles. The second-order valence-electron chi connectivity index (χ2n) is 5.13. The molecule has 20 heavy (non-hydrogen) atoms. The maximum absolute atomic E-state index is 12.3. The van der Waals surface area contributed by atoms with Crippen LogP contribution in [0.1, 0.15) is 31.7 Å². The van der Waals surface area contributed by atoms with E-state index >= 15 is 0 Å². The fourth-order valence-corrected chi connectivity index (χ4v) is 2.61. The van der Waals surface area contributed by atoms with Crippen molar-refractivity contribution in [2.45, 2.75) is 32.6 Å². The second-order valence-corrected chi connectivity index (χ2v) is 5.13. The van der Waals surface area contributed by atoms with Gasteiger partial charge in [0.2, 0.25) is 0 Å². The topological polar surface area (TPSA) is 58.7 Å². The van der Waals surface area contributed by atoms with E-state index in [-0.39, 0.29) is 11.8 Å². The average molecular weight is 273 g/mol. The van der Waals surface area contributed by atoms with E-state index in [1.165, 1.54) is 5.56 Å². The number of nitrogens with zero attached hydrogens (tertiary/aromatic N) is 2. The fraction of sp³-hybridized carbons (Fsp3) is 0.500. The quantitative estimate of drug-likeness (QED) is 0.828. The summed E-state index contributed by atoms with van der Waals surface area (Å²) in [6.45, 7) is 3.27. The van der Waals surface area contributed by atoms with Crippen molar-refractivity contribution in [2.75, 3.05) is 13.1 Å². The lowest BCUT2D eigenvalue weighted by molar-refractivity contribution is -0.131. The fourth-order valence-electron chi connectivity index (χ4n) is 2.61. The largest absolute Gasteiger partial charge is 0.330 e. The van der Waals surface area contributed by atoms with Gasteiger partial charge in [-0.05, 0) is 37.8 Å². The minimum absolute atomic E-state index is 0.0817. The Kier molecular flexibility index (Phi) is 5.30. The summed E-state index contributed by atoms with van der Waals surface area (Å²) in [5.41, 5.74) is 7.87. The predicted molar refractivity (Wildman–Crippen MR) is 81.4 cm³/mol. The number of aryl methyl sites for hydroxylation is 1. The van der Waals surface area contributed by atoms with E-state index in [1.807, 2.05) is 25.1 Å². The van der Waals surface area contributed by atoms with Crippen LogP contribution in [0.3, 0.4) is 0 Å². The van der Waals surface area contributed by atoms with Crippen LogP contribution in [0.5, 0.6) is 0 Å². The molecule has 4 nitrogen and oxygen atoms in total. The van der Waals surface area contributed by atoms with Gasteiger partial charge in [-0.1, -0.05) is 37.3 Å². The highest BCUT2D eigenvalue weighted by Gasteiger charge is 2.33. The number of rotatable bonds is 7. The molecule has 0 radical (unpaired) electrons. The maximum Gasteiger partial charge on any atom is 0.251 e. The molecule has 0 saturated carbocycles. The number of amides is 1. The van der Waals surface area contributed by atoms with Gasteiger partial charge < -0.3 is 5.73 Å². The monoisotopic (exact) mass is 273 g/mol. The van der Waals surface area contributed by atoms with Gasteiger partial charge >= 0.3 is 0 Å². The Labute approximate surface area is 120 Å². The minimum Gasteiger partial charge on any atom is -0.330 e. The molecule has 108 valence electrons. The summed E-state index contributed by atoms with van der Waals surface area (Å²) in [4.78, 5) is 12.3. The molecule has 0 bridgehead atoms. The first kappa shape index (κ1) is 14.7. The molecule has 1 atom stereocenters. The number of carbonyl (C=O) groups excluding carboxylic acids is 1. The summed E-state index contributed by atoms with van der Waals surface area (Å²) in [5.74, 6) is 0.0436. The van der Waals surface area contributed by atoms with Gasteiger partial charge in [-0.25, -0.2) is 5.01 Å². The lowest BCUT2D eigenvalue weighted by atomic mass is 9.98. The van der Waals surface area contributed by atoms with Gasteiger partial charge in [0.1, 0.15) is 0 Å². The third-order valence-corrected chi connectivity index (χ3v) is 3.70.